The largest absolute Gasteiger partial charge is 0.454 e. The molecular weight excluding hydrogens is 426 g/mol. The number of hydrogen-bond donors (Lipinski definition) is 2. The number of nitrogens with zero attached hydrogens (tertiary/aromatic N) is 1. The highest BCUT2D eigenvalue weighted by molar-refractivity contribution is 7.14. The summed E-state index contributed by atoms with van der Waals surface area (Å²) in [5.74, 6) is -1.37. The summed E-state index contributed by atoms with van der Waals surface area (Å²) in [6.45, 7) is 3.41. The highest BCUT2D eigenvalue weighted by atomic mass is 32.1. The second-order valence-electron chi connectivity index (χ2n) is 7.58. The molecule has 1 aromatic heterocycles. The summed E-state index contributed by atoms with van der Waals surface area (Å²) in [4.78, 5) is 41.6. The molecule has 2 amide bonds. The number of benzene rings is 2. The Morgan fingerprint density at radius 2 is 1.66 bits per heavy atom. The Labute approximate surface area is 190 Å². The molecule has 2 aromatic carbocycles. The lowest BCUT2D eigenvalue weighted by atomic mass is 10.0. The van der Waals surface area contributed by atoms with Crippen molar-refractivity contribution in [1.82, 2.24) is 10.3 Å². The fourth-order valence-corrected chi connectivity index (χ4v) is 3.72. The molecule has 0 spiro atoms. The molecule has 32 heavy (non-hydrogen) atoms. The van der Waals surface area contributed by atoms with E-state index in [9.17, 15) is 14.4 Å². The van der Waals surface area contributed by atoms with Crippen molar-refractivity contribution in [3.63, 3.8) is 0 Å². The predicted octanol–water partition coefficient (Wildman–Crippen LogP) is 4.14. The number of rotatable bonds is 9. The minimum absolute atomic E-state index is 0.143. The zero-order valence-electron chi connectivity index (χ0n) is 17.9. The van der Waals surface area contributed by atoms with E-state index in [1.165, 1.54) is 11.3 Å². The van der Waals surface area contributed by atoms with Crippen LogP contribution in [0.3, 0.4) is 0 Å². The Kier molecular flexibility index (Phi) is 8.10. The molecule has 3 aromatic rings. The highest BCUT2D eigenvalue weighted by Crippen LogP contribution is 2.24. The first-order valence-electron chi connectivity index (χ1n) is 10.3. The average molecular weight is 452 g/mol. The second-order valence-corrected chi connectivity index (χ2v) is 8.44. The lowest BCUT2D eigenvalue weighted by Crippen LogP contribution is -2.43. The number of nitrogens with one attached hydrogen (secondary N) is 2. The van der Waals surface area contributed by atoms with E-state index in [2.05, 4.69) is 15.6 Å². The Morgan fingerprint density at radius 3 is 2.31 bits per heavy atom. The van der Waals surface area contributed by atoms with Crippen LogP contribution in [0.1, 0.15) is 30.6 Å². The monoisotopic (exact) mass is 451 g/mol. The zero-order chi connectivity index (χ0) is 22.9. The summed E-state index contributed by atoms with van der Waals surface area (Å²) in [7, 11) is 0. The SMILES string of the molecule is CC(C)CC(NC(=O)c1ccccc1)C(=O)OCC(=O)Nc1nc(-c2ccccc2)cs1. The molecule has 0 bridgehead atoms. The number of carbonyl (C=O) groups is 3. The maximum Gasteiger partial charge on any atom is 0.329 e. The Morgan fingerprint density at radius 1 is 1.00 bits per heavy atom. The molecule has 0 radical (unpaired) electrons. The molecule has 1 atom stereocenters. The van der Waals surface area contributed by atoms with Crippen LogP contribution in [-0.2, 0) is 14.3 Å². The number of anilines is 1. The molecule has 0 aliphatic carbocycles. The van der Waals surface area contributed by atoms with Gasteiger partial charge in [0.2, 0.25) is 0 Å². The fraction of sp³-hybridized carbons (Fsp3) is 0.250. The maximum atomic E-state index is 12.6. The molecule has 3 rings (SSSR count). The molecule has 0 saturated carbocycles. The van der Waals surface area contributed by atoms with Crippen molar-refractivity contribution in [2.75, 3.05) is 11.9 Å². The minimum Gasteiger partial charge on any atom is -0.454 e. The summed E-state index contributed by atoms with van der Waals surface area (Å²) >= 11 is 1.29. The van der Waals surface area contributed by atoms with Crippen molar-refractivity contribution in [1.29, 1.82) is 0 Å². The van der Waals surface area contributed by atoms with Gasteiger partial charge >= 0.3 is 5.97 Å². The highest BCUT2D eigenvalue weighted by Gasteiger charge is 2.24. The summed E-state index contributed by atoms with van der Waals surface area (Å²) in [6.07, 6.45) is 0.395. The first-order chi connectivity index (χ1) is 15.4. The van der Waals surface area contributed by atoms with E-state index in [-0.39, 0.29) is 11.8 Å². The molecule has 1 unspecified atom stereocenters. The standard InChI is InChI=1S/C24H25N3O4S/c1-16(2)13-19(25-22(29)18-11-7-4-8-12-18)23(30)31-14-21(28)27-24-26-20(15-32-24)17-9-5-3-6-10-17/h3-12,15-16,19H,13-14H2,1-2H3,(H,25,29)(H,26,27,28). The number of ether oxygens (including phenoxy) is 1. The lowest BCUT2D eigenvalue weighted by Gasteiger charge is -2.19. The minimum atomic E-state index is -0.847. The van der Waals surface area contributed by atoms with Crippen LogP contribution in [0.15, 0.2) is 66.0 Å². The van der Waals surface area contributed by atoms with Crippen LogP contribution >= 0.6 is 11.3 Å². The topological polar surface area (TPSA) is 97.4 Å². The van der Waals surface area contributed by atoms with Gasteiger partial charge in [-0.1, -0.05) is 62.4 Å². The van der Waals surface area contributed by atoms with E-state index in [0.29, 0.717) is 17.1 Å². The third kappa shape index (κ3) is 6.75. The van der Waals surface area contributed by atoms with Crippen molar-refractivity contribution >= 4 is 34.3 Å². The summed E-state index contributed by atoms with van der Waals surface area (Å²) in [6, 6.07) is 17.4. The van der Waals surface area contributed by atoms with Gasteiger partial charge in [0, 0.05) is 16.5 Å². The molecule has 8 heteroatoms. The van der Waals surface area contributed by atoms with Crippen LogP contribution in [0.25, 0.3) is 11.3 Å². The smallest absolute Gasteiger partial charge is 0.329 e. The summed E-state index contributed by atoms with van der Waals surface area (Å²) in [5, 5.41) is 7.60. The second kappa shape index (κ2) is 11.2. The van der Waals surface area contributed by atoms with E-state index >= 15 is 0 Å². The van der Waals surface area contributed by atoms with Gasteiger partial charge in [0.1, 0.15) is 6.04 Å². The van der Waals surface area contributed by atoms with Crippen molar-refractivity contribution in [2.45, 2.75) is 26.3 Å². The van der Waals surface area contributed by atoms with Crippen molar-refractivity contribution in [2.24, 2.45) is 5.92 Å². The lowest BCUT2D eigenvalue weighted by molar-refractivity contribution is -0.149. The number of aromatic nitrogens is 1. The Balaban J connectivity index is 1.54. The van der Waals surface area contributed by atoms with E-state index in [0.717, 1.165) is 11.3 Å². The molecular formula is C24H25N3O4S. The average Bonchev–Trinajstić information content (AvgIpc) is 3.26. The normalized spacial score (nSPS) is 11.6. The van der Waals surface area contributed by atoms with Crippen LogP contribution in [-0.4, -0.2) is 35.4 Å². The van der Waals surface area contributed by atoms with Gasteiger partial charge in [-0.05, 0) is 24.5 Å². The van der Waals surface area contributed by atoms with Crippen LogP contribution in [0, 0.1) is 5.92 Å². The van der Waals surface area contributed by atoms with Crippen LogP contribution < -0.4 is 10.6 Å². The molecule has 1 heterocycles. The zero-order valence-corrected chi connectivity index (χ0v) is 18.7. The number of esters is 1. The predicted molar refractivity (Wildman–Crippen MR) is 124 cm³/mol. The number of hydrogen-bond acceptors (Lipinski definition) is 6. The molecule has 2 N–H and O–H groups in total. The Hall–Kier alpha value is -3.52. The Bertz CT molecular complexity index is 1050. The first-order valence-corrected chi connectivity index (χ1v) is 11.1. The molecule has 0 saturated heterocycles. The van der Waals surface area contributed by atoms with Crippen LogP contribution in [0.4, 0.5) is 5.13 Å². The molecule has 166 valence electrons. The van der Waals surface area contributed by atoms with E-state index in [1.807, 2.05) is 49.6 Å². The van der Waals surface area contributed by atoms with E-state index < -0.39 is 24.5 Å². The molecule has 7 nitrogen and oxygen atoms in total. The van der Waals surface area contributed by atoms with Gasteiger partial charge in [-0.25, -0.2) is 9.78 Å². The number of carbonyl (C=O) groups excluding carboxylic acids is 3. The van der Waals surface area contributed by atoms with E-state index in [4.69, 9.17) is 4.74 Å². The summed E-state index contributed by atoms with van der Waals surface area (Å²) in [5.41, 5.74) is 2.15. The van der Waals surface area contributed by atoms with Crippen LogP contribution in [0.5, 0.6) is 0 Å². The molecule has 0 aliphatic rings. The van der Waals surface area contributed by atoms with Gasteiger partial charge in [-0.15, -0.1) is 11.3 Å². The van der Waals surface area contributed by atoms with Crippen molar-refractivity contribution in [3.05, 3.63) is 71.6 Å². The van der Waals surface area contributed by atoms with Crippen molar-refractivity contribution < 1.29 is 19.1 Å². The van der Waals surface area contributed by atoms with Crippen LogP contribution in [0.2, 0.25) is 0 Å². The van der Waals surface area contributed by atoms with Gasteiger partial charge in [0.15, 0.2) is 11.7 Å². The summed E-state index contributed by atoms with van der Waals surface area (Å²) < 4.78 is 5.18. The van der Waals surface area contributed by atoms with Gasteiger partial charge in [-0.3, -0.25) is 14.9 Å². The third-order valence-corrected chi connectivity index (χ3v) is 5.26. The molecule has 0 fully saturated rings. The third-order valence-electron chi connectivity index (χ3n) is 4.50. The maximum absolute atomic E-state index is 12.6. The van der Waals surface area contributed by atoms with Gasteiger partial charge < -0.3 is 10.1 Å². The molecule has 0 aliphatic heterocycles. The van der Waals surface area contributed by atoms with E-state index in [1.54, 1.807) is 30.3 Å². The number of amides is 2. The fourth-order valence-electron chi connectivity index (χ4n) is 2.98. The first kappa shape index (κ1) is 23.1. The van der Waals surface area contributed by atoms with Gasteiger partial charge in [0.25, 0.3) is 11.8 Å². The van der Waals surface area contributed by atoms with Crippen molar-refractivity contribution in [3.8, 4) is 11.3 Å². The number of thiazole rings is 1. The van der Waals surface area contributed by atoms with Gasteiger partial charge in [0.05, 0.1) is 5.69 Å². The van der Waals surface area contributed by atoms with Gasteiger partial charge in [-0.2, -0.15) is 0 Å². The quantitative estimate of drug-likeness (QED) is 0.477.